The summed E-state index contributed by atoms with van der Waals surface area (Å²) in [6.45, 7) is 6.47. The van der Waals surface area contributed by atoms with Crippen molar-refractivity contribution in [1.82, 2.24) is 4.90 Å². The van der Waals surface area contributed by atoms with Crippen molar-refractivity contribution in [3.63, 3.8) is 0 Å². The second-order valence-electron chi connectivity index (χ2n) is 7.71. The van der Waals surface area contributed by atoms with Gasteiger partial charge in [0.1, 0.15) is 11.4 Å². The van der Waals surface area contributed by atoms with E-state index in [-0.39, 0.29) is 30.1 Å². The molecule has 0 aliphatic heterocycles. The smallest absolute Gasteiger partial charge is 0.410 e. The van der Waals surface area contributed by atoms with Gasteiger partial charge in [-0.05, 0) is 44.0 Å². The molecule has 2 aromatic rings. The molecule has 0 aliphatic rings. The number of nitrogens with zero attached hydrogens (tertiary/aromatic N) is 2. The van der Waals surface area contributed by atoms with Gasteiger partial charge in [-0.1, -0.05) is 30.3 Å². The van der Waals surface area contributed by atoms with Crippen LogP contribution in [0.25, 0.3) is 0 Å². The van der Waals surface area contributed by atoms with Crippen LogP contribution in [0.5, 0.6) is 5.75 Å². The Balaban J connectivity index is 0.00000450. The first-order valence-corrected chi connectivity index (χ1v) is 9.39. The summed E-state index contributed by atoms with van der Waals surface area (Å²) in [5.41, 5.74) is 8.29. The Kier molecular flexibility index (Phi) is 9.91. The number of amides is 1. The number of guanidine groups is 1. The molecule has 0 saturated carbocycles. The van der Waals surface area contributed by atoms with E-state index < -0.39 is 5.60 Å². The Bertz CT molecular complexity index is 848. The van der Waals surface area contributed by atoms with Crippen molar-refractivity contribution in [3.8, 4) is 5.75 Å². The molecule has 0 bridgehead atoms. The van der Waals surface area contributed by atoms with E-state index in [1.54, 1.807) is 19.1 Å². The number of rotatable bonds is 6. The third kappa shape index (κ3) is 8.89. The van der Waals surface area contributed by atoms with Crippen molar-refractivity contribution in [2.45, 2.75) is 39.5 Å². The maximum Gasteiger partial charge on any atom is 0.410 e. The minimum Gasteiger partial charge on any atom is -0.497 e. The highest BCUT2D eigenvalue weighted by Crippen LogP contribution is 2.16. The summed E-state index contributed by atoms with van der Waals surface area (Å²) in [6.07, 6.45) is -0.345. The molecule has 0 unspecified atom stereocenters. The minimum absolute atomic E-state index is 0. The Morgan fingerprint density at radius 3 is 2.37 bits per heavy atom. The van der Waals surface area contributed by atoms with E-state index in [0.29, 0.717) is 19.0 Å². The Morgan fingerprint density at radius 2 is 1.77 bits per heavy atom. The number of carbonyl (C=O) groups excluding carboxylic acids is 1. The van der Waals surface area contributed by atoms with E-state index in [0.717, 1.165) is 22.6 Å². The van der Waals surface area contributed by atoms with Crippen LogP contribution in [-0.2, 0) is 17.8 Å². The van der Waals surface area contributed by atoms with Crippen LogP contribution in [-0.4, -0.2) is 36.7 Å². The second kappa shape index (κ2) is 11.6. The summed E-state index contributed by atoms with van der Waals surface area (Å²) >= 11 is 0. The normalized spacial score (nSPS) is 11.3. The fourth-order valence-corrected chi connectivity index (χ4v) is 2.49. The van der Waals surface area contributed by atoms with Gasteiger partial charge in [-0.2, -0.15) is 0 Å². The summed E-state index contributed by atoms with van der Waals surface area (Å²) in [6, 6.07) is 15.4. The van der Waals surface area contributed by atoms with Crippen molar-refractivity contribution in [2.24, 2.45) is 10.7 Å². The summed E-state index contributed by atoms with van der Waals surface area (Å²) in [5.74, 6) is 1.07. The maximum atomic E-state index is 12.1. The van der Waals surface area contributed by atoms with Crippen LogP contribution >= 0.6 is 24.0 Å². The van der Waals surface area contributed by atoms with Crippen LogP contribution < -0.4 is 15.8 Å². The Hall–Kier alpha value is -2.49. The van der Waals surface area contributed by atoms with Crippen LogP contribution in [0, 0.1) is 0 Å². The first-order valence-electron chi connectivity index (χ1n) is 9.39. The monoisotopic (exact) mass is 526 g/mol. The average Bonchev–Trinajstić information content (AvgIpc) is 2.66. The number of methoxy groups -OCH3 is 1. The van der Waals surface area contributed by atoms with Crippen molar-refractivity contribution in [2.75, 3.05) is 19.5 Å². The number of nitrogens with two attached hydrogens (primary N) is 1. The van der Waals surface area contributed by atoms with E-state index in [9.17, 15) is 4.79 Å². The first-order chi connectivity index (χ1) is 13.7. The zero-order chi connectivity index (χ0) is 21.4. The molecule has 0 aliphatic carbocycles. The van der Waals surface area contributed by atoms with Gasteiger partial charge >= 0.3 is 6.09 Å². The minimum atomic E-state index is -0.508. The van der Waals surface area contributed by atoms with Crippen LogP contribution in [0.4, 0.5) is 10.5 Å². The number of anilines is 1. The Morgan fingerprint density at radius 1 is 1.13 bits per heavy atom. The largest absolute Gasteiger partial charge is 0.497 e. The fraction of sp³-hybridized carbons (Fsp3) is 0.364. The second-order valence-corrected chi connectivity index (χ2v) is 7.71. The molecule has 0 spiro atoms. The molecule has 2 aromatic carbocycles. The number of hydrogen-bond acceptors (Lipinski definition) is 4. The number of hydrogen-bond donors (Lipinski definition) is 2. The van der Waals surface area contributed by atoms with Crippen LogP contribution in [0.1, 0.15) is 31.9 Å². The van der Waals surface area contributed by atoms with Gasteiger partial charge in [-0.25, -0.2) is 9.79 Å². The lowest BCUT2D eigenvalue weighted by atomic mass is 10.1. The van der Waals surface area contributed by atoms with Crippen molar-refractivity contribution in [3.05, 3.63) is 59.7 Å². The molecule has 30 heavy (non-hydrogen) atoms. The zero-order valence-corrected chi connectivity index (χ0v) is 20.5. The van der Waals surface area contributed by atoms with E-state index in [2.05, 4.69) is 10.3 Å². The predicted octanol–water partition coefficient (Wildman–Crippen LogP) is 4.61. The van der Waals surface area contributed by atoms with Gasteiger partial charge in [-0.3, -0.25) is 0 Å². The average molecular weight is 526 g/mol. The van der Waals surface area contributed by atoms with Crippen molar-refractivity contribution >= 4 is 41.7 Å². The number of benzene rings is 2. The van der Waals surface area contributed by atoms with E-state index >= 15 is 0 Å². The van der Waals surface area contributed by atoms with Crippen LogP contribution in [0.15, 0.2) is 53.5 Å². The molecule has 2 rings (SSSR count). The number of carbonyl (C=O) groups is 1. The highest BCUT2D eigenvalue weighted by atomic mass is 127. The lowest BCUT2D eigenvalue weighted by Crippen LogP contribution is -2.33. The van der Waals surface area contributed by atoms with Crippen LogP contribution in [0.2, 0.25) is 0 Å². The maximum absolute atomic E-state index is 12.1. The standard InChI is InChI=1S/C22H30N4O3.HI/c1-22(2,3)29-21(27)26(4)15-17-11-9-16(10-12-17)14-24-20(23)25-18-7-6-8-19(13-18)28-5;/h6-13H,14-15H2,1-5H3,(H3,23,24,25);1H. The number of aliphatic imine (C=N–C) groups is 1. The molecule has 3 N–H and O–H groups in total. The Labute approximate surface area is 195 Å². The van der Waals surface area contributed by atoms with E-state index in [1.165, 1.54) is 0 Å². The molecule has 164 valence electrons. The van der Waals surface area contributed by atoms with Gasteiger partial charge in [0.05, 0.1) is 13.7 Å². The van der Waals surface area contributed by atoms with Crippen LogP contribution in [0.3, 0.4) is 0 Å². The molecule has 8 heteroatoms. The lowest BCUT2D eigenvalue weighted by Gasteiger charge is -2.24. The highest BCUT2D eigenvalue weighted by Gasteiger charge is 2.19. The number of ether oxygens (including phenoxy) is 2. The van der Waals surface area contributed by atoms with Crippen molar-refractivity contribution in [1.29, 1.82) is 0 Å². The summed E-state index contributed by atoms with van der Waals surface area (Å²) in [7, 11) is 3.34. The third-order valence-electron chi connectivity index (χ3n) is 3.92. The van der Waals surface area contributed by atoms with Gasteiger partial charge in [-0.15, -0.1) is 24.0 Å². The van der Waals surface area contributed by atoms with Gasteiger partial charge in [0.25, 0.3) is 0 Å². The topological polar surface area (TPSA) is 89.2 Å². The van der Waals surface area contributed by atoms with Gasteiger partial charge < -0.3 is 25.4 Å². The third-order valence-corrected chi connectivity index (χ3v) is 3.92. The van der Waals surface area contributed by atoms with Gasteiger partial charge in [0, 0.05) is 25.3 Å². The molecule has 0 aromatic heterocycles. The fourth-order valence-electron chi connectivity index (χ4n) is 2.49. The first kappa shape index (κ1) is 25.5. The number of halogens is 1. The highest BCUT2D eigenvalue weighted by molar-refractivity contribution is 14.0. The van der Waals surface area contributed by atoms with Gasteiger partial charge in [0.2, 0.25) is 0 Å². The summed E-state index contributed by atoms with van der Waals surface area (Å²) in [4.78, 5) is 18.0. The molecular weight excluding hydrogens is 495 g/mol. The molecule has 0 fully saturated rings. The summed E-state index contributed by atoms with van der Waals surface area (Å²) in [5, 5.41) is 3.05. The quantitative estimate of drug-likeness (QED) is 0.326. The zero-order valence-electron chi connectivity index (χ0n) is 18.1. The van der Waals surface area contributed by atoms with E-state index in [1.807, 2.05) is 69.3 Å². The summed E-state index contributed by atoms with van der Waals surface area (Å²) < 4.78 is 10.6. The molecule has 0 radical (unpaired) electrons. The van der Waals surface area contributed by atoms with Crippen molar-refractivity contribution < 1.29 is 14.3 Å². The molecule has 0 heterocycles. The molecule has 1 amide bonds. The molecule has 7 nitrogen and oxygen atoms in total. The van der Waals surface area contributed by atoms with Gasteiger partial charge in [0.15, 0.2) is 5.96 Å². The molecule has 0 atom stereocenters. The number of nitrogens with one attached hydrogen (secondary N) is 1. The SMILES string of the molecule is COc1cccc(NC(N)=NCc2ccc(CN(C)C(=O)OC(C)(C)C)cc2)c1.I. The predicted molar refractivity (Wildman–Crippen MR) is 132 cm³/mol. The molecule has 0 saturated heterocycles. The molecular formula is C22H31IN4O3. The lowest BCUT2D eigenvalue weighted by molar-refractivity contribution is 0.0285. The van der Waals surface area contributed by atoms with E-state index in [4.69, 9.17) is 15.2 Å².